The minimum absolute atomic E-state index is 0.00842. The van der Waals surface area contributed by atoms with Gasteiger partial charge in [0.15, 0.2) is 0 Å². The summed E-state index contributed by atoms with van der Waals surface area (Å²) in [6.45, 7) is 5.13. The van der Waals surface area contributed by atoms with Crippen LogP contribution in [0.2, 0.25) is 5.02 Å². The second kappa shape index (κ2) is 8.09. The highest BCUT2D eigenvalue weighted by Crippen LogP contribution is 2.37. The Hall–Kier alpha value is -1.75. The van der Waals surface area contributed by atoms with E-state index in [4.69, 9.17) is 11.6 Å². The van der Waals surface area contributed by atoms with Gasteiger partial charge in [-0.25, -0.2) is 0 Å². The van der Waals surface area contributed by atoms with Crippen LogP contribution in [0.1, 0.15) is 26.2 Å². The van der Waals surface area contributed by atoms with Crippen molar-refractivity contribution in [3.05, 3.63) is 29.3 Å². The molecule has 1 aliphatic carbocycles. The van der Waals surface area contributed by atoms with E-state index in [9.17, 15) is 9.59 Å². The third kappa shape index (κ3) is 5.11. The lowest BCUT2D eigenvalue weighted by Crippen LogP contribution is -2.34. The van der Waals surface area contributed by atoms with E-state index in [-0.39, 0.29) is 17.7 Å². The van der Waals surface area contributed by atoms with Crippen LogP contribution >= 0.6 is 11.6 Å². The van der Waals surface area contributed by atoms with Crippen LogP contribution < -0.4 is 15.5 Å². The van der Waals surface area contributed by atoms with Gasteiger partial charge in [-0.1, -0.05) is 18.5 Å². The molecule has 1 heterocycles. The zero-order valence-corrected chi connectivity index (χ0v) is 15.4. The number of hydrogen-bond donors (Lipinski definition) is 2. The first-order valence-corrected chi connectivity index (χ1v) is 9.45. The molecule has 3 rings (SSSR count). The highest BCUT2D eigenvalue weighted by atomic mass is 35.5. The Morgan fingerprint density at radius 1 is 1.24 bits per heavy atom. The van der Waals surface area contributed by atoms with Crippen LogP contribution in [0.5, 0.6) is 0 Å². The lowest BCUT2D eigenvalue weighted by Gasteiger charge is -2.19. The maximum absolute atomic E-state index is 11.9. The predicted molar refractivity (Wildman–Crippen MR) is 99.7 cm³/mol. The van der Waals surface area contributed by atoms with Gasteiger partial charge in [-0.15, -0.1) is 0 Å². The largest absolute Gasteiger partial charge is 0.371 e. The minimum Gasteiger partial charge on any atom is -0.371 e. The van der Waals surface area contributed by atoms with Crippen LogP contribution in [0.3, 0.4) is 0 Å². The van der Waals surface area contributed by atoms with Crippen LogP contribution in [-0.2, 0) is 9.59 Å². The fraction of sp³-hybridized carbons (Fsp3) is 0.579. The van der Waals surface area contributed by atoms with E-state index in [1.165, 1.54) is 5.69 Å². The molecule has 25 heavy (non-hydrogen) atoms. The van der Waals surface area contributed by atoms with E-state index in [0.29, 0.717) is 31.3 Å². The van der Waals surface area contributed by atoms with Gasteiger partial charge in [0, 0.05) is 49.2 Å². The fourth-order valence-corrected chi connectivity index (χ4v) is 3.48. The second-order valence-corrected chi connectivity index (χ2v) is 7.68. The van der Waals surface area contributed by atoms with Crippen molar-refractivity contribution >= 4 is 29.1 Å². The van der Waals surface area contributed by atoms with Gasteiger partial charge in [0.05, 0.1) is 0 Å². The lowest BCUT2D eigenvalue weighted by molar-refractivity contribution is -0.123. The number of carbonyl (C=O) groups excluding carboxylic acids is 2. The molecule has 2 N–H and O–H groups in total. The van der Waals surface area contributed by atoms with Gasteiger partial charge in [0.2, 0.25) is 11.8 Å². The van der Waals surface area contributed by atoms with Crippen LogP contribution in [0, 0.1) is 17.8 Å². The maximum Gasteiger partial charge on any atom is 0.223 e. The molecule has 1 aromatic rings. The Morgan fingerprint density at radius 3 is 2.64 bits per heavy atom. The number of halogens is 1. The molecule has 2 fully saturated rings. The summed E-state index contributed by atoms with van der Waals surface area (Å²) in [5.41, 5.74) is 1.18. The summed E-state index contributed by atoms with van der Waals surface area (Å²) >= 11 is 5.93. The molecular weight excluding hydrogens is 338 g/mol. The molecule has 0 radical (unpaired) electrons. The predicted octanol–water partition coefficient (Wildman–Crippen LogP) is 2.44. The third-order valence-corrected chi connectivity index (χ3v) is 5.42. The van der Waals surface area contributed by atoms with Crippen molar-refractivity contribution in [2.75, 3.05) is 31.1 Å². The van der Waals surface area contributed by atoms with Crippen LogP contribution in [-0.4, -0.2) is 38.0 Å². The van der Waals surface area contributed by atoms with Crippen LogP contribution in [0.4, 0.5) is 5.69 Å². The minimum atomic E-state index is 0.00842. The highest BCUT2D eigenvalue weighted by Gasteiger charge is 2.38. The van der Waals surface area contributed by atoms with Gasteiger partial charge in [0.1, 0.15) is 0 Å². The number of nitrogens with one attached hydrogen (secondary N) is 2. The molecular formula is C19H26ClN3O2. The Labute approximate surface area is 154 Å². The Morgan fingerprint density at radius 2 is 1.96 bits per heavy atom. The molecule has 2 amide bonds. The molecule has 5 nitrogen and oxygen atoms in total. The first-order chi connectivity index (χ1) is 12.0. The summed E-state index contributed by atoms with van der Waals surface area (Å²) in [5, 5.41) is 6.59. The molecule has 136 valence electrons. The topological polar surface area (TPSA) is 61.4 Å². The molecule has 0 aromatic heterocycles. The van der Waals surface area contributed by atoms with Crippen molar-refractivity contribution in [2.24, 2.45) is 17.8 Å². The zero-order chi connectivity index (χ0) is 17.8. The molecule has 0 bridgehead atoms. The standard InChI is InChI=1S/C19H26ClN3O2/c1-13-10-17(13)19(25)21-8-6-18(24)22-11-14-7-9-23(12-14)16-4-2-15(20)3-5-16/h2-5,13-14,17H,6-12H2,1H3,(H,21,25)(H,22,24). The second-order valence-electron chi connectivity index (χ2n) is 7.24. The summed E-state index contributed by atoms with van der Waals surface area (Å²) in [4.78, 5) is 26.0. The number of amides is 2. The van der Waals surface area contributed by atoms with Gasteiger partial charge in [-0.05, 0) is 48.9 Å². The number of hydrogen-bond acceptors (Lipinski definition) is 3. The monoisotopic (exact) mass is 363 g/mol. The van der Waals surface area contributed by atoms with Crippen molar-refractivity contribution in [1.82, 2.24) is 10.6 Å². The first kappa shape index (κ1) is 18.1. The molecule has 2 aliphatic rings. The average molecular weight is 364 g/mol. The summed E-state index contributed by atoms with van der Waals surface area (Å²) in [6, 6.07) is 7.88. The maximum atomic E-state index is 11.9. The Bertz CT molecular complexity index is 620. The van der Waals surface area contributed by atoms with Crippen molar-refractivity contribution in [1.29, 1.82) is 0 Å². The van der Waals surface area contributed by atoms with E-state index in [1.807, 2.05) is 24.3 Å². The molecule has 3 atom stereocenters. The summed E-state index contributed by atoms with van der Waals surface area (Å²) < 4.78 is 0. The number of nitrogens with zero attached hydrogens (tertiary/aromatic N) is 1. The lowest BCUT2D eigenvalue weighted by atomic mass is 10.1. The number of carbonyl (C=O) groups is 2. The van der Waals surface area contributed by atoms with E-state index in [1.54, 1.807) is 0 Å². The molecule has 1 aliphatic heterocycles. The van der Waals surface area contributed by atoms with Crippen LogP contribution in [0.25, 0.3) is 0 Å². The Balaban J connectivity index is 1.31. The van der Waals surface area contributed by atoms with Gasteiger partial charge in [-0.2, -0.15) is 0 Å². The van der Waals surface area contributed by atoms with Crippen molar-refractivity contribution in [3.8, 4) is 0 Å². The normalized spacial score (nSPS) is 24.9. The SMILES string of the molecule is CC1CC1C(=O)NCCC(=O)NCC1CCN(c2ccc(Cl)cc2)C1. The van der Waals surface area contributed by atoms with E-state index >= 15 is 0 Å². The number of anilines is 1. The van der Waals surface area contributed by atoms with Crippen LogP contribution in [0.15, 0.2) is 24.3 Å². The molecule has 1 saturated carbocycles. The molecule has 3 unspecified atom stereocenters. The highest BCUT2D eigenvalue weighted by molar-refractivity contribution is 6.30. The average Bonchev–Trinajstić information content (AvgIpc) is 3.15. The summed E-state index contributed by atoms with van der Waals surface area (Å²) in [6.07, 6.45) is 2.39. The number of rotatable bonds is 7. The molecule has 1 aromatic carbocycles. The van der Waals surface area contributed by atoms with Crippen molar-refractivity contribution in [2.45, 2.75) is 26.2 Å². The fourth-order valence-electron chi connectivity index (χ4n) is 3.35. The van der Waals surface area contributed by atoms with Gasteiger partial charge in [0.25, 0.3) is 0 Å². The first-order valence-electron chi connectivity index (χ1n) is 9.08. The zero-order valence-electron chi connectivity index (χ0n) is 14.6. The van der Waals surface area contributed by atoms with Gasteiger partial charge in [-0.3, -0.25) is 9.59 Å². The number of benzene rings is 1. The summed E-state index contributed by atoms with van der Waals surface area (Å²) in [5.74, 6) is 1.23. The Kier molecular flexibility index (Phi) is 5.84. The van der Waals surface area contributed by atoms with E-state index < -0.39 is 0 Å². The molecule has 6 heteroatoms. The van der Waals surface area contributed by atoms with Gasteiger partial charge >= 0.3 is 0 Å². The smallest absolute Gasteiger partial charge is 0.223 e. The third-order valence-electron chi connectivity index (χ3n) is 5.16. The molecule has 1 saturated heterocycles. The van der Waals surface area contributed by atoms with Gasteiger partial charge < -0.3 is 15.5 Å². The van der Waals surface area contributed by atoms with E-state index in [2.05, 4.69) is 22.5 Å². The van der Waals surface area contributed by atoms with Crippen molar-refractivity contribution in [3.63, 3.8) is 0 Å². The van der Waals surface area contributed by atoms with E-state index in [0.717, 1.165) is 31.0 Å². The van der Waals surface area contributed by atoms with Crippen molar-refractivity contribution < 1.29 is 9.59 Å². The molecule has 0 spiro atoms. The summed E-state index contributed by atoms with van der Waals surface area (Å²) in [7, 11) is 0. The quantitative estimate of drug-likeness (QED) is 0.782.